The third-order valence-electron chi connectivity index (χ3n) is 3.45. The van der Waals surface area contributed by atoms with Crippen LogP contribution in [0.1, 0.15) is 25.3 Å². The van der Waals surface area contributed by atoms with Crippen LogP contribution in [0.5, 0.6) is 0 Å². The van der Waals surface area contributed by atoms with E-state index in [4.69, 9.17) is 0 Å². The average Bonchev–Trinajstić information content (AvgIpc) is 2.78. The molecule has 4 heteroatoms. The average molecular weight is 260 g/mol. The zero-order chi connectivity index (χ0) is 13.8. The summed E-state index contributed by atoms with van der Waals surface area (Å²) in [4.78, 5) is 25.7. The van der Waals surface area contributed by atoms with E-state index >= 15 is 0 Å². The summed E-state index contributed by atoms with van der Waals surface area (Å²) in [5.41, 5.74) is 1.98. The minimum Gasteiger partial charge on any atom is -0.356 e. The van der Waals surface area contributed by atoms with Gasteiger partial charge in [0.25, 0.3) is 0 Å². The molecule has 0 aliphatic carbocycles. The number of nitrogens with one attached hydrogen (secondary N) is 1. The van der Waals surface area contributed by atoms with Crippen molar-refractivity contribution in [2.45, 2.75) is 26.7 Å². The molecule has 1 aromatic rings. The van der Waals surface area contributed by atoms with E-state index in [1.54, 1.807) is 4.90 Å². The Labute approximate surface area is 113 Å². The summed E-state index contributed by atoms with van der Waals surface area (Å²) in [6, 6.07) is 7.78. The van der Waals surface area contributed by atoms with E-state index in [1.165, 1.54) is 0 Å². The lowest BCUT2D eigenvalue weighted by molar-refractivity contribution is -0.126. The lowest BCUT2D eigenvalue weighted by Crippen LogP contribution is -2.33. The van der Waals surface area contributed by atoms with Crippen molar-refractivity contribution in [1.82, 2.24) is 5.32 Å². The van der Waals surface area contributed by atoms with Crippen molar-refractivity contribution in [2.24, 2.45) is 5.92 Å². The normalized spacial score (nSPS) is 18.7. The second-order valence-corrected chi connectivity index (χ2v) is 4.98. The maximum absolute atomic E-state index is 12.1. The highest BCUT2D eigenvalue weighted by Crippen LogP contribution is 2.27. The number of carbonyl (C=O) groups is 2. The van der Waals surface area contributed by atoms with Gasteiger partial charge in [0.1, 0.15) is 0 Å². The van der Waals surface area contributed by atoms with Gasteiger partial charge < -0.3 is 10.2 Å². The van der Waals surface area contributed by atoms with Crippen molar-refractivity contribution >= 4 is 17.5 Å². The first-order valence-corrected chi connectivity index (χ1v) is 6.77. The van der Waals surface area contributed by atoms with Crippen LogP contribution >= 0.6 is 0 Å². The number of nitrogens with zero attached hydrogens (tertiary/aromatic N) is 1. The standard InChI is InChI=1S/C15H20N2O2/c1-3-8-16-15(19)12-9-14(18)17(10-12)13-7-5-4-6-11(13)2/h4-7,12H,3,8-10H2,1-2H3,(H,16,19). The summed E-state index contributed by atoms with van der Waals surface area (Å²) in [6.07, 6.45) is 1.22. The van der Waals surface area contributed by atoms with Gasteiger partial charge in [-0.05, 0) is 25.0 Å². The van der Waals surface area contributed by atoms with E-state index < -0.39 is 0 Å². The molecule has 1 aliphatic rings. The zero-order valence-corrected chi connectivity index (χ0v) is 11.5. The highest BCUT2D eigenvalue weighted by Gasteiger charge is 2.35. The predicted molar refractivity (Wildman–Crippen MR) is 74.9 cm³/mol. The van der Waals surface area contributed by atoms with Crippen LogP contribution < -0.4 is 10.2 Å². The molecule has 1 saturated heterocycles. The van der Waals surface area contributed by atoms with Crippen LogP contribution in [-0.2, 0) is 9.59 Å². The Morgan fingerprint density at radius 3 is 2.84 bits per heavy atom. The van der Waals surface area contributed by atoms with Gasteiger partial charge in [-0.3, -0.25) is 9.59 Å². The van der Waals surface area contributed by atoms with Gasteiger partial charge in [-0.25, -0.2) is 0 Å². The number of carbonyl (C=O) groups excluding carboxylic acids is 2. The molecule has 2 rings (SSSR count). The minimum atomic E-state index is -0.223. The molecule has 1 atom stereocenters. The van der Waals surface area contributed by atoms with E-state index in [0.29, 0.717) is 19.5 Å². The molecule has 0 aromatic heterocycles. The summed E-state index contributed by atoms with van der Waals surface area (Å²) in [5, 5.41) is 2.86. The molecule has 1 fully saturated rings. The Morgan fingerprint density at radius 2 is 2.16 bits per heavy atom. The maximum Gasteiger partial charge on any atom is 0.227 e. The smallest absolute Gasteiger partial charge is 0.227 e. The van der Waals surface area contributed by atoms with Crippen molar-refractivity contribution in [2.75, 3.05) is 18.0 Å². The van der Waals surface area contributed by atoms with Crippen LogP contribution in [0.15, 0.2) is 24.3 Å². The summed E-state index contributed by atoms with van der Waals surface area (Å²) < 4.78 is 0. The molecule has 2 amide bonds. The Kier molecular flexibility index (Phi) is 4.20. The number of amides is 2. The number of hydrogen-bond acceptors (Lipinski definition) is 2. The maximum atomic E-state index is 12.1. The largest absolute Gasteiger partial charge is 0.356 e. The van der Waals surface area contributed by atoms with Gasteiger partial charge in [0.05, 0.1) is 5.92 Å². The van der Waals surface area contributed by atoms with Crippen LogP contribution in [0.3, 0.4) is 0 Å². The summed E-state index contributed by atoms with van der Waals surface area (Å²) in [6.45, 7) is 5.15. The number of rotatable bonds is 4. The molecule has 1 heterocycles. The fourth-order valence-electron chi connectivity index (χ4n) is 2.37. The van der Waals surface area contributed by atoms with Gasteiger partial charge in [-0.2, -0.15) is 0 Å². The topological polar surface area (TPSA) is 49.4 Å². The van der Waals surface area contributed by atoms with E-state index in [-0.39, 0.29) is 17.7 Å². The molecular weight excluding hydrogens is 240 g/mol. The summed E-state index contributed by atoms with van der Waals surface area (Å²) in [7, 11) is 0. The number of anilines is 1. The predicted octanol–water partition coefficient (Wildman–Crippen LogP) is 1.87. The van der Waals surface area contributed by atoms with Crippen LogP contribution in [0.2, 0.25) is 0 Å². The second kappa shape index (κ2) is 5.87. The first kappa shape index (κ1) is 13.6. The molecular formula is C15H20N2O2. The molecule has 1 N–H and O–H groups in total. The van der Waals surface area contributed by atoms with E-state index in [0.717, 1.165) is 17.7 Å². The van der Waals surface area contributed by atoms with Crippen molar-refractivity contribution in [3.05, 3.63) is 29.8 Å². The van der Waals surface area contributed by atoms with Gasteiger partial charge in [-0.1, -0.05) is 25.1 Å². The molecule has 0 spiro atoms. The minimum absolute atomic E-state index is 0.00807. The molecule has 1 unspecified atom stereocenters. The fraction of sp³-hybridized carbons (Fsp3) is 0.467. The first-order valence-electron chi connectivity index (χ1n) is 6.77. The molecule has 4 nitrogen and oxygen atoms in total. The van der Waals surface area contributed by atoms with Gasteiger partial charge in [0.2, 0.25) is 11.8 Å². The Balaban J connectivity index is 2.08. The monoisotopic (exact) mass is 260 g/mol. The van der Waals surface area contributed by atoms with Crippen LogP contribution in [0.4, 0.5) is 5.69 Å². The number of para-hydroxylation sites is 1. The Bertz CT molecular complexity index is 485. The van der Waals surface area contributed by atoms with Crippen LogP contribution in [0.25, 0.3) is 0 Å². The van der Waals surface area contributed by atoms with Gasteiger partial charge >= 0.3 is 0 Å². The number of hydrogen-bond donors (Lipinski definition) is 1. The third kappa shape index (κ3) is 2.95. The lowest BCUT2D eigenvalue weighted by Gasteiger charge is -2.18. The first-order chi connectivity index (χ1) is 9.13. The SMILES string of the molecule is CCCNC(=O)C1CC(=O)N(c2ccccc2C)C1. The third-order valence-corrected chi connectivity index (χ3v) is 3.45. The molecule has 0 saturated carbocycles. The molecule has 102 valence electrons. The van der Waals surface area contributed by atoms with E-state index in [1.807, 2.05) is 38.1 Å². The second-order valence-electron chi connectivity index (χ2n) is 4.98. The number of aryl methyl sites for hydroxylation is 1. The summed E-state index contributed by atoms with van der Waals surface area (Å²) >= 11 is 0. The van der Waals surface area contributed by atoms with E-state index in [2.05, 4.69) is 5.32 Å². The zero-order valence-electron chi connectivity index (χ0n) is 11.5. The van der Waals surface area contributed by atoms with Gasteiger partial charge in [0, 0.05) is 25.2 Å². The van der Waals surface area contributed by atoms with Gasteiger partial charge in [0.15, 0.2) is 0 Å². The molecule has 1 aliphatic heterocycles. The fourth-order valence-corrected chi connectivity index (χ4v) is 2.37. The summed E-state index contributed by atoms with van der Waals surface area (Å²) in [5.74, 6) is -0.198. The van der Waals surface area contributed by atoms with E-state index in [9.17, 15) is 9.59 Å². The Hall–Kier alpha value is -1.84. The van der Waals surface area contributed by atoms with Gasteiger partial charge in [-0.15, -0.1) is 0 Å². The van der Waals surface area contributed by atoms with Crippen molar-refractivity contribution < 1.29 is 9.59 Å². The highest BCUT2D eigenvalue weighted by molar-refractivity contribution is 6.00. The molecule has 0 radical (unpaired) electrons. The molecule has 0 bridgehead atoms. The highest BCUT2D eigenvalue weighted by atomic mass is 16.2. The molecule has 1 aromatic carbocycles. The quantitative estimate of drug-likeness (QED) is 0.898. The van der Waals surface area contributed by atoms with Crippen molar-refractivity contribution in [1.29, 1.82) is 0 Å². The molecule has 19 heavy (non-hydrogen) atoms. The number of benzene rings is 1. The van der Waals surface area contributed by atoms with Crippen molar-refractivity contribution in [3.63, 3.8) is 0 Å². The van der Waals surface area contributed by atoms with Crippen LogP contribution in [-0.4, -0.2) is 24.9 Å². The van der Waals surface area contributed by atoms with Crippen molar-refractivity contribution in [3.8, 4) is 0 Å². The lowest BCUT2D eigenvalue weighted by atomic mass is 10.1. The Morgan fingerprint density at radius 1 is 1.42 bits per heavy atom. The van der Waals surface area contributed by atoms with Crippen LogP contribution in [0, 0.1) is 12.8 Å².